The number of nitrogens with one attached hydrogen (secondary N) is 2. The molecule has 0 amide bonds. The van der Waals surface area contributed by atoms with Crippen LogP contribution in [0.25, 0.3) is 0 Å². The molecule has 108 valence electrons. The monoisotopic (exact) mass is 266 g/mol. The minimum atomic E-state index is -0.0703. The average molecular weight is 266 g/mol. The minimum Gasteiger partial charge on any atom is -0.493 e. The first-order valence-electron chi connectivity index (χ1n) is 6.50. The summed E-state index contributed by atoms with van der Waals surface area (Å²) >= 11 is 0. The van der Waals surface area contributed by atoms with Crippen molar-refractivity contribution in [1.82, 2.24) is 10.6 Å². The highest BCUT2D eigenvalue weighted by Gasteiger charge is 2.29. The maximum atomic E-state index is 5.40. The van der Waals surface area contributed by atoms with Gasteiger partial charge in [-0.05, 0) is 58.1 Å². The largest absolute Gasteiger partial charge is 0.493 e. The van der Waals surface area contributed by atoms with Crippen molar-refractivity contribution in [1.29, 1.82) is 0 Å². The number of methoxy groups -OCH3 is 2. The van der Waals surface area contributed by atoms with Crippen LogP contribution in [0.1, 0.15) is 31.0 Å². The van der Waals surface area contributed by atoms with Gasteiger partial charge in [-0.3, -0.25) is 0 Å². The molecule has 1 atom stereocenters. The summed E-state index contributed by atoms with van der Waals surface area (Å²) in [5.41, 5.74) is 2.32. The van der Waals surface area contributed by atoms with Crippen LogP contribution in [-0.2, 0) is 0 Å². The minimum absolute atomic E-state index is 0.0703. The first kappa shape index (κ1) is 15.8. The molecular weight excluding hydrogens is 240 g/mol. The summed E-state index contributed by atoms with van der Waals surface area (Å²) in [6, 6.07) is 4.25. The van der Waals surface area contributed by atoms with Gasteiger partial charge in [-0.1, -0.05) is 0 Å². The average Bonchev–Trinajstić information content (AvgIpc) is 2.40. The summed E-state index contributed by atoms with van der Waals surface area (Å²) in [5, 5.41) is 6.73. The standard InChI is InChI=1S/C15H26N2O2/c1-10-8-12(18-6)13(19-7)9-11(10)14(16-4)15(2,3)17-5/h8-9,14,16-17H,1-7H3. The van der Waals surface area contributed by atoms with Gasteiger partial charge < -0.3 is 20.1 Å². The van der Waals surface area contributed by atoms with Gasteiger partial charge in [-0.15, -0.1) is 0 Å². The van der Waals surface area contributed by atoms with E-state index in [1.54, 1.807) is 14.2 Å². The zero-order valence-corrected chi connectivity index (χ0v) is 13.0. The van der Waals surface area contributed by atoms with Crippen LogP contribution in [0.2, 0.25) is 0 Å². The Kier molecular flexibility index (Phi) is 5.20. The van der Waals surface area contributed by atoms with Crippen molar-refractivity contribution in [3.63, 3.8) is 0 Å². The van der Waals surface area contributed by atoms with Gasteiger partial charge in [-0.2, -0.15) is 0 Å². The maximum absolute atomic E-state index is 5.40. The Bertz CT molecular complexity index is 430. The lowest BCUT2D eigenvalue weighted by Gasteiger charge is -2.35. The Balaban J connectivity index is 3.32. The summed E-state index contributed by atoms with van der Waals surface area (Å²) in [6.07, 6.45) is 0. The molecule has 1 rings (SSSR count). The molecule has 1 unspecified atom stereocenters. The number of benzene rings is 1. The summed E-state index contributed by atoms with van der Waals surface area (Å²) < 4.78 is 10.7. The molecule has 0 heterocycles. The lowest BCUT2D eigenvalue weighted by molar-refractivity contribution is 0.307. The number of hydrogen-bond donors (Lipinski definition) is 2. The van der Waals surface area contributed by atoms with Crippen LogP contribution in [-0.4, -0.2) is 33.9 Å². The molecule has 0 bridgehead atoms. The molecule has 0 saturated heterocycles. The van der Waals surface area contributed by atoms with E-state index in [1.807, 2.05) is 20.2 Å². The Morgan fingerprint density at radius 2 is 1.58 bits per heavy atom. The van der Waals surface area contributed by atoms with Gasteiger partial charge in [0.1, 0.15) is 0 Å². The van der Waals surface area contributed by atoms with Crippen LogP contribution >= 0.6 is 0 Å². The summed E-state index contributed by atoms with van der Waals surface area (Å²) in [7, 11) is 7.26. The molecule has 4 nitrogen and oxygen atoms in total. The first-order valence-corrected chi connectivity index (χ1v) is 6.50. The number of rotatable bonds is 6. The van der Waals surface area contributed by atoms with Gasteiger partial charge in [0.25, 0.3) is 0 Å². The van der Waals surface area contributed by atoms with E-state index in [0.717, 1.165) is 11.5 Å². The normalized spacial score (nSPS) is 13.2. The Hall–Kier alpha value is -1.26. The number of aryl methyl sites for hydroxylation is 1. The number of hydrogen-bond acceptors (Lipinski definition) is 4. The van der Waals surface area contributed by atoms with Gasteiger partial charge >= 0.3 is 0 Å². The van der Waals surface area contributed by atoms with Crippen LogP contribution in [0.5, 0.6) is 11.5 Å². The van der Waals surface area contributed by atoms with Gasteiger partial charge in [-0.25, -0.2) is 0 Å². The van der Waals surface area contributed by atoms with Crippen molar-refractivity contribution in [2.75, 3.05) is 28.3 Å². The van der Waals surface area contributed by atoms with E-state index >= 15 is 0 Å². The highest BCUT2D eigenvalue weighted by Crippen LogP contribution is 2.35. The lowest BCUT2D eigenvalue weighted by atomic mass is 9.86. The second-order valence-electron chi connectivity index (χ2n) is 5.26. The van der Waals surface area contributed by atoms with Crippen molar-refractivity contribution in [3.05, 3.63) is 23.3 Å². The molecule has 0 spiro atoms. The van der Waals surface area contributed by atoms with E-state index in [0.29, 0.717) is 0 Å². The van der Waals surface area contributed by atoms with E-state index in [2.05, 4.69) is 37.5 Å². The molecule has 19 heavy (non-hydrogen) atoms. The van der Waals surface area contributed by atoms with Crippen molar-refractivity contribution >= 4 is 0 Å². The van der Waals surface area contributed by atoms with Gasteiger partial charge in [0.2, 0.25) is 0 Å². The first-order chi connectivity index (χ1) is 8.91. The smallest absolute Gasteiger partial charge is 0.161 e. The van der Waals surface area contributed by atoms with E-state index < -0.39 is 0 Å². The van der Waals surface area contributed by atoms with Crippen LogP contribution in [0.3, 0.4) is 0 Å². The molecule has 0 saturated carbocycles. The van der Waals surface area contributed by atoms with E-state index in [4.69, 9.17) is 9.47 Å². The lowest BCUT2D eigenvalue weighted by Crippen LogP contribution is -2.47. The Morgan fingerprint density at radius 1 is 1.05 bits per heavy atom. The molecule has 0 aliphatic carbocycles. The topological polar surface area (TPSA) is 42.5 Å². The predicted molar refractivity (Wildman–Crippen MR) is 79.2 cm³/mol. The molecule has 0 aromatic heterocycles. The zero-order chi connectivity index (χ0) is 14.6. The van der Waals surface area contributed by atoms with E-state index in [-0.39, 0.29) is 11.6 Å². The molecule has 2 N–H and O–H groups in total. The summed E-state index contributed by atoms with van der Waals surface area (Å²) in [4.78, 5) is 0. The van der Waals surface area contributed by atoms with Crippen LogP contribution in [0, 0.1) is 6.92 Å². The Labute approximate surface area is 116 Å². The number of likely N-dealkylation sites (N-methyl/N-ethyl adjacent to an activating group) is 2. The van der Waals surface area contributed by atoms with Crippen LogP contribution in [0.15, 0.2) is 12.1 Å². The highest BCUT2D eigenvalue weighted by molar-refractivity contribution is 5.48. The molecule has 0 radical (unpaired) electrons. The second-order valence-corrected chi connectivity index (χ2v) is 5.26. The second kappa shape index (κ2) is 6.26. The third kappa shape index (κ3) is 3.19. The fraction of sp³-hybridized carbons (Fsp3) is 0.600. The quantitative estimate of drug-likeness (QED) is 0.829. The fourth-order valence-electron chi connectivity index (χ4n) is 2.36. The maximum Gasteiger partial charge on any atom is 0.161 e. The predicted octanol–water partition coefficient (Wildman–Crippen LogP) is 2.27. The van der Waals surface area contributed by atoms with Crippen molar-refractivity contribution in [2.45, 2.75) is 32.4 Å². The van der Waals surface area contributed by atoms with Crippen molar-refractivity contribution < 1.29 is 9.47 Å². The summed E-state index contributed by atoms with van der Waals surface area (Å²) in [6.45, 7) is 6.43. The Morgan fingerprint density at radius 3 is 2.00 bits per heavy atom. The molecule has 0 aliphatic heterocycles. The van der Waals surface area contributed by atoms with Crippen molar-refractivity contribution in [3.8, 4) is 11.5 Å². The summed E-state index contributed by atoms with van der Waals surface area (Å²) in [5.74, 6) is 1.52. The molecule has 0 aliphatic rings. The van der Waals surface area contributed by atoms with E-state index in [1.165, 1.54) is 11.1 Å². The molecule has 0 fully saturated rings. The molecule has 4 heteroatoms. The van der Waals surface area contributed by atoms with Gasteiger partial charge in [0, 0.05) is 5.54 Å². The van der Waals surface area contributed by atoms with Gasteiger partial charge in [0.15, 0.2) is 11.5 Å². The number of ether oxygens (including phenoxy) is 2. The highest BCUT2D eigenvalue weighted by atomic mass is 16.5. The SMILES string of the molecule is CNC(c1cc(OC)c(OC)cc1C)C(C)(C)NC. The molecular formula is C15H26N2O2. The zero-order valence-electron chi connectivity index (χ0n) is 13.0. The van der Waals surface area contributed by atoms with Crippen molar-refractivity contribution in [2.24, 2.45) is 0 Å². The van der Waals surface area contributed by atoms with E-state index in [9.17, 15) is 0 Å². The van der Waals surface area contributed by atoms with Crippen LogP contribution < -0.4 is 20.1 Å². The molecule has 1 aromatic carbocycles. The van der Waals surface area contributed by atoms with Gasteiger partial charge in [0.05, 0.1) is 20.3 Å². The fourth-order valence-corrected chi connectivity index (χ4v) is 2.36. The molecule has 1 aromatic rings. The third-order valence-corrected chi connectivity index (χ3v) is 3.74. The third-order valence-electron chi connectivity index (χ3n) is 3.74. The van der Waals surface area contributed by atoms with Crippen LogP contribution in [0.4, 0.5) is 0 Å².